The number of nitrogens with one attached hydrogen (secondary N) is 1. The molecule has 0 spiro atoms. The van der Waals surface area contributed by atoms with Crippen LogP contribution in [0.3, 0.4) is 0 Å². The van der Waals surface area contributed by atoms with E-state index < -0.39 is 35.7 Å². The topological polar surface area (TPSA) is 127 Å². The van der Waals surface area contributed by atoms with Crippen molar-refractivity contribution in [3.05, 3.63) is 66.7 Å². The highest BCUT2D eigenvalue weighted by Gasteiger charge is 2.61. The SMILES string of the molecule is COc1ccc2c(O[C@@H]3C[C@H]4C(=O)N[C@]5(C(=O)O)C[C@H]5/C=C\CCCCOC(=O)N4C3)cc(-c3ccccc3)nc2c1. The Morgan fingerprint density at radius 2 is 1.98 bits per heavy atom. The smallest absolute Gasteiger partial charge is 0.410 e. The fourth-order valence-corrected chi connectivity index (χ4v) is 5.80. The number of carboxylic acid groups (broad SMARTS) is 1. The van der Waals surface area contributed by atoms with Gasteiger partial charge < -0.3 is 24.6 Å². The summed E-state index contributed by atoms with van der Waals surface area (Å²) in [5, 5.41) is 13.5. The highest BCUT2D eigenvalue weighted by molar-refractivity contribution is 5.94. The number of rotatable bonds is 5. The number of methoxy groups -OCH3 is 1. The molecule has 42 heavy (non-hydrogen) atoms. The maximum absolute atomic E-state index is 13.6. The summed E-state index contributed by atoms with van der Waals surface area (Å²) >= 11 is 0. The number of ether oxygens (including phenoxy) is 3. The van der Waals surface area contributed by atoms with Crippen LogP contribution in [-0.2, 0) is 14.3 Å². The second-order valence-corrected chi connectivity index (χ2v) is 11.0. The molecule has 4 atom stereocenters. The average molecular weight is 572 g/mol. The lowest BCUT2D eigenvalue weighted by Gasteiger charge is -2.25. The Kier molecular flexibility index (Phi) is 7.45. The number of aliphatic carboxylic acids is 1. The van der Waals surface area contributed by atoms with Gasteiger partial charge in [-0.3, -0.25) is 9.69 Å². The fraction of sp³-hybridized carbons (Fsp3) is 0.375. The number of hydrogen-bond donors (Lipinski definition) is 2. The summed E-state index contributed by atoms with van der Waals surface area (Å²) in [5.74, 6) is -0.678. The molecule has 2 aliphatic heterocycles. The zero-order chi connectivity index (χ0) is 29.3. The molecule has 6 rings (SSSR count). The van der Waals surface area contributed by atoms with Crippen LogP contribution in [0.25, 0.3) is 22.2 Å². The molecule has 3 aliphatic rings. The summed E-state index contributed by atoms with van der Waals surface area (Å²) in [6.07, 6.45) is 5.38. The van der Waals surface area contributed by atoms with Gasteiger partial charge in [0.15, 0.2) is 0 Å². The van der Waals surface area contributed by atoms with Crippen LogP contribution in [0.2, 0.25) is 0 Å². The van der Waals surface area contributed by atoms with Crippen LogP contribution in [0.15, 0.2) is 66.7 Å². The normalized spacial score (nSPS) is 26.7. The van der Waals surface area contributed by atoms with Crippen molar-refractivity contribution in [2.45, 2.75) is 49.8 Å². The molecule has 3 aromatic rings. The molecule has 1 aromatic heterocycles. The van der Waals surface area contributed by atoms with Crippen LogP contribution in [0.4, 0.5) is 4.79 Å². The Bertz CT molecular complexity index is 1540. The van der Waals surface area contributed by atoms with Gasteiger partial charge in [0.05, 0.1) is 31.5 Å². The van der Waals surface area contributed by atoms with Crippen LogP contribution in [-0.4, -0.2) is 70.9 Å². The first-order valence-corrected chi connectivity index (χ1v) is 14.2. The van der Waals surface area contributed by atoms with Crippen molar-refractivity contribution in [1.29, 1.82) is 0 Å². The maximum atomic E-state index is 13.6. The van der Waals surface area contributed by atoms with E-state index in [0.717, 1.165) is 23.8 Å². The minimum atomic E-state index is -1.36. The summed E-state index contributed by atoms with van der Waals surface area (Å²) in [7, 11) is 1.59. The molecule has 1 saturated carbocycles. The molecule has 0 bridgehead atoms. The van der Waals surface area contributed by atoms with Gasteiger partial charge in [-0.15, -0.1) is 0 Å². The van der Waals surface area contributed by atoms with E-state index in [2.05, 4.69) is 5.32 Å². The third-order valence-electron chi connectivity index (χ3n) is 8.24. The first-order valence-electron chi connectivity index (χ1n) is 14.2. The van der Waals surface area contributed by atoms with E-state index in [4.69, 9.17) is 19.2 Å². The quantitative estimate of drug-likeness (QED) is 0.427. The van der Waals surface area contributed by atoms with Gasteiger partial charge in [-0.05, 0) is 37.8 Å². The third-order valence-corrected chi connectivity index (χ3v) is 8.24. The first kappa shape index (κ1) is 27.6. The Morgan fingerprint density at radius 3 is 2.76 bits per heavy atom. The second kappa shape index (κ2) is 11.3. The summed E-state index contributed by atoms with van der Waals surface area (Å²) in [4.78, 5) is 45.1. The highest BCUT2D eigenvalue weighted by atomic mass is 16.6. The summed E-state index contributed by atoms with van der Waals surface area (Å²) < 4.78 is 17.4. The van der Waals surface area contributed by atoms with Crippen molar-refractivity contribution < 1.29 is 33.7 Å². The lowest BCUT2D eigenvalue weighted by atomic mass is 10.1. The highest BCUT2D eigenvalue weighted by Crippen LogP contribution is 2.45. The molecule has 10 nitrogen and oxygen atoms in total. The number of pyridine rings is 1. The van der Waals surface area contributed by atoms with Crippen molar-refractivity contribution in [2.24, 2.45) is 5.92 Å². The Balaban J connectivity index is 1.31. The van der Waals surface area contributed by atoms with Gasteiger partial charge in [0.2, 0.25) is 5.91 Å². The van der Waals surface area contributed by atoms with Crippen molar-refractivity contribution >= 4 is 28.9 Å². The molecular formula is C32H33N3O7. The minimum absolute atomic E-state index is 0.112. The predicted octanol–water partition coefficient (Wildman–Crippen LogP) is 4.57. The third kappa shape index (κ3) is 5.36. The number of aromatic nitrogens is 1. The molecule has 2 amide bonds. The number of nitrogens with zero attached hydrogens (tertiary/aromatic N) is 2. The monoisotopic (exact) mass is 571 g/mol. The lowest BCUT2D eigenvalue weighted by molar-refractivity contribution is -0.144. The maximum Gasteiger partial charge on any atom is 0.410 e. The van der Waals surface area contributed by atoms with E-state index in [1.807, 2.05) is 66.7 Å². The van der Waals surface area contributed by atoms with Gasteiger partial charge in [0.25, 0.3) is 0 Å². The van der Waals surface area contributed by atoms with E-state index in [0.29, 0.717) is 35.6 Å². The van der Waals surface area contributed by atoms with Gasteiger partial charge in [0, 0.05) is 35.4 Å². The number of carboxylic acids is 1. The summed E-state index contributed by atoms with van der Waals surface area (Å²) in [5.41, 5.74) is 0.926. The number of carbonyl (C=O) groups is 3. The summed E-state index contributed by atoms with van der Waals surface area (Å²) in [6.45, 7) is 0.351. The van der Waals surface area contributed by atoms with Gasteiger partial charge >= 0.3 is 12.1 Å². The number of carbonyl (C=O) groups excluding carboxylic acids is 2. The van der Waals surface area contributed by atoms with E-state index in [9.17, 15) is 19.5 Å². The van der Waals surface area contributed by atoms with E-state index in [1.165, 1.54) is 4.90 Å². The van der Waals surface area contributed by atoms with Crippen LogP contribution in [0, 0.1) is 5.92 Å². The largest absolute Gasteiger partial charge is 0.497 e. The number of allylic oxidation sites excluding steroid dienone is 1. The molecular weight excluding hydrogens is 538 g/mol. The number of cyclic esters (lactones) is 1. The minimum Gasteiger partial charge on any atom is -0.497 e. The fourth-order valence-electron chi connectivity index (χ4n) is 5.80. The number of hydrogen-bond acceptors (Lipinski definition) is 7. The van der Waals surface area contributed by atoms with Crippen LogP contribution in [0.5, 0.6) is 11.5 Å². The van der Waals surface area contributed by atoms with Crippen molar-refractivity contribution in [3.63, 3.8) is 0 Å². The van der Waals surface area contributed by atoms with Gasteiger partial charge in [-0.1, -0.05) is 42.5 Å². The van der Waals surface area contributed by atoms with Gasteiger partial charge in [0.1, 0.15) is 29.2 Å². The van der Waals surface area contributed by atoms with Crippen molar-refractivity contribution in [2.75, 3.05) is 20.3 Å². The molecule has 1 aliphatic carbocycles. The van der Waals surface area contributed by atoms with Crippen molar-refractivity contribution in [1.82, 2.24) is 15.2 Å². The molecule has 2 fully saturated rings. The summed E-state index contributed by atoms with van der Waals surface area (Å²) in [6, 6.07) is 16.2. The van der Waals surface area contributed by atoms with E-state index in [-0.39, 0.29) is 25.5 Å². The van der Waals surface area contributed by atoms with Crippen molar-refractivity contribution in [3.8, 4) is 22.8 Å². The first-order chi connectivity index (χ1) is 20.4. The van der Waals surface area contributed by atoms with Gasteiger partial charge in [-0.2, -0.15) is 0 Å². The molecule has 10 heteroatoms. The lowest BCUT2D eigenvalue weighted by Crippen LogP contribution is -2.53. The number of fused-ring (bicyclic) bond motifs is 3. The second-order valence-electron chi connectivity index (χ2n) is 11.0. The average Bonchev–Trinajstić information content (AvgIpc) is 3.53. The van der Waals surface area contributed by atoms with E-state index in [1.54, 1.807) is 7.11 Å². The van der Waals surface area contributed by atoms with Crippen LogP contribution < -0.4 is 14.8 Å². The molecule has 0 unspecified atom stereocenters. The molecule has 0 radical (unpaired) electrons. The van der Waals surface area contributed by atoms with Crippen LogP contribution >= 0.6 is 0 Å². The van der Waals surface area contributed by atoms with Gasteiger partial charge in [-0.25, -0.2) is 14.6 Å². The Labute approximate surface area is 243 Å². The van der Waals surface area contributed by atoms with Crippen LogP contribution in [0.1, 0.15) is 32.1 Å². The predicted molar refractivity (Wildman–Crippen MR) is 154 cm³/mol. The number of benzene rings is 2. The molecule has 2 aromatic carbocycles. The zero-order valence-corrected chi connectivity index (χ0v) is 23.3. The Hall–Kier alpha value is -4.60. The molecule has 2 N–H and O–H groups in total. The molecule has 3 heterocycles. The number of amides is 2. The Morgan fingerprint density at radius 1 is 1.14 bits per heavy atom. The molecule has 218 valence electrons. The molecule has 1 saturated heterocycles. The standard InChI is InChI=1S/C32H33N3O7/c1-40-22-12-13-24-26(15-22)33-25(20-9-5-4-6-10-20)17-28(24)42-23-16-27-29(36)34-32(30(37)38)18-21(32)11-7-2-3-8-14-41-31(39)35(27)19-23/h4-7,9-13,15,17,21,23,27H,2-3,8,14,16,18-19H2,1H3,(H,34,36)(H,37,38)/b11-7-/t21-,23-,27+,32-/m1/s1. The van der Waals surface area contributed by atoms with E-state index >= 15 is 0 Å². The zero-order valence-electron chi connectivity index (χ0n) is 23.3.